The van der Waals surface area contributed by atoms with Gasteiger partial charge in [0.05, 0.1) is 16.6 Å². The van der Waals surface area contributed by atoms with Gasteiger partial charge >= 0.3 is 0 Å². The summed E-state index contributed by atoms with van der Waals surface area (Å²) in [4.78, 5) is 22.7. The lowest BCUT2D eigenvalue weighted by Crippen LogP contribution is -2.37. The summed E-state index contributed by atoms with van der Waals surface area (Å²) in [6, 6.07) is 14.7. The zero-order valence-electron chi connectivity index (χ0n) is 13.0. The van der Waals surface area contributed by atoms with Gasteiger partial charge in [-0.1, -0.05) is 30.3 Å². The maximum absolute atomic E-state index is 12.1. The van der Waals surface area contributed by atoms with E-state index in [-0.39, 0.29) is 22.8 Å². The van der Waals surface area contributed by atoms with Crippen LogP contribution in [0, 0.1) is 21.4 Å². The number of amides is 1. The van der Waals surface area contributed by atoms with Crippen molar-refractivity contribution in [3.8, 4) is 6.07 Å². The molecule has 0 heterocycles. The van der Waals surface area contributed by atoms with Crippen molar-refractivity contribution >= 4 is 17.3 Å². The molecule has 0 bridgehead atoms. The number of carbonyl (C=O) groups is 1. The first kappa shape index (κ1) is 17.0. The zero-order valence-corrected chi connectivity index (χ0v) is 13.0. The Bertz CT molecular complexity index is 784. The third-order valence-corrected chi connectivity index (χ3v) is 3.40. The summed E-state index contributed by atoms with van der Waals surface area (Å²) < 4.78 is 0. The summed E-state index contributed by atoms with van der Waals surface area (Å²) in [5, 5.41) is 25.5. The fraction of sp³-hybridized carbons (Fsp3) is 0.176. The molecule has 0 spiro atoms. The summed E-state index contributed by atoms with van der Waals surface area (Å²) in [6.07, 6.45) is 0. The number of nitro groups is 1. The first-order chi connectivity index (χ1) is 11.5. The molecular formula is C17H16N4O3. The largest absolute Gasteiger partial charge is 0.368 e. The second-order valence-corrected chi connectivity index (χ2v) is 5.17. The number of benzene rings is 2. The average molecular weight is 324 g/mol. The van der Waals surface area contributed by atoms with Crippen LogP contribution < -0.4 is 10.6 Å². The summed E-state index contributed by atoms with van der Waals surface area (Å²) >= 11 is 0. The third-order valence-electron chi connectivity index (χ3n) is 3.40. The smallest absolute Gasteiger partial charge is 0.293 e. The Morgan fingerprint density at radius 1 is 1.29 bits per heavy atom. The molecule has 1 atom stereocenters. The molecule has 1 amide bonds. The normalized spacial score (nSPS) is 11.2. The van der Waals surface area contributed by atoms with Crippen LogP contribution in [0.3, 0.4) is 0 Å². The van der Waals surface area contributed by atoms with Crippen LogP contribution in [0.1, 0.15) is 18.1 Å². The molecule has 0 aliphatic rings. The summed E-state index contributed by atoms with van der Waals surface area (Å²) in [5.41, 5.74) is 1.11. The van der Waals surface area contributed by atoms with Crippen LogP contribution in [0.5, 0.6) is 0 Å². The van der Waals surface area contributed by atoms with Crippen molar-refractivity contribution in [1.29, 1.82) is 5.26 Å². The number of nitrogens with one attached hydrogen (secondary N) is 2. The van der Waals surface area contributed by atoms with Crippen LogP contribution in [-0.4, -0.2) is 16.9 Å². The standard InChI is InChI=1S/C17H16N4O3/c1-12(17(22)19-11-13-5-3-2-4-6-13)20-15-8-7-14(10-18)9-16(15)21(23)24/h2-9,12,20H,11H2,1H3,(H,19,22). The van der Waals surface area contributed by atoms with Crippen molar-refractivity contribution in [2.24, 2.45) is 0 Å². The molecule has 122 valence electrons. The minimum atomic E-state index is -0.666. The molecule has 0 saturated carbocycles. The molecule has 1 unspecified atom stereocenters. The van der Waals surface area contributed by atoms with E-state index in [1.165, 1.54) is 18.2 Å². The topological polar surface area (TPSA) is 108 Å². The zero-order chi connectivity index (χ0) is 17.5. The van der Waals surface area contributed by atoms with Crippen LogP contribution in [-0.2, 0) is 11.3 Å². The van der Waals surface area contributed by atoms with Crippen LogP contribution in [0.2, 0.25) is 0 Å². The number of anilines is 1. The van der Waals surface area contributed by atoms with Gasteiger partial charge in [0.1, 0.15) is 11.7 Å². The van der Waals surface area contributed by atoms with E-state index in [1.54, 1.807) is 6.92 Å². The minimum absolute atomic E-state index is 0.188. The molecule has 24 heavy (non-hydrogen) atoms. The van der Waals surface area contributed by atoms with Gasteiger partial charge in [0.15, 0.2) is 0 Å². The van der Waals surface area contributed by atoms with Gasteiger partial charge in [-0.2, -0.15) is 5.26 Å². The van der Waals surface area contributed by atoms with Gasteiger partial charge in [0.25, 0.3) is 5.69 Å². The molecule has 7 heteroatoms. The minimum Gasteiger partial charge on any atom is -0.368 e. The monoisotopic (exact) mass is 324 g/mol. The molecule has 2 aromatic carbocycles. The van der Waals surface area contributed by atoms with Crippen LogP contribution in [0.15, 0.2) is 48.5 Å². The van der Waals surface area contributed by atoms with Crippen LogP contribution in [0.4, 0.5) is 11.4 Å². The average Bonchev–Trinajstić information content (AvgIpc) is 2.60. The number of carbonyl (C=O) groups excluding carboxylic acids is 1. The van der Waals surface area contributed by atoms with Crippen molar-refractivity contribution in [2.45, 2.75) is 19.5 Å². The lowest BCUT2D eigenvalue weighted by Gasteiger charge is -2.15. The van der Waals surface area contributed by atoms with Crippen molar-refractivity contribution in [3.63, 3.8) is 0 Å². The highest BCUT2D eigenvalue weighted by molar-refractivity contribution is 5.85. The number of hydrogen-bond donors (Lipinski definition) is 2. The van der Waals surface area contributed by atoms with Gasteiger partial charge in [-0.15, -0.1) is 0 Å². The number of nitriles is 1. The second kappa shape index (κ2) is 7.74. The fourth-order valence-corrected chi connectivity index (χ4v) is 2.11. The van der Waals surface area contributed by atoms with Gasteiger partial charge in [-0.05, 0) is 24.6 Å². The molecule has 7 nitrogen and oxygen atoms in total. The maximum Gasteiger partial charge on any atom is 0.293 e. The molecule has 0 radical (unpaired) electrons. The molecular weight excluding hydrogens is 308 g/mol. The fourth-order valence-electron chi connectivity index (χ4n) is 2.11. The Balaban J connectivity index is 2.03. The number of nitro benzene ring substituents is 1. The van der Waals surface area contributed by atoms with Gasteiger partial charge < -0.3 is 10.6 Å². The molecule has 0 aliphatic carbocycles. The van der Waals surface area contributed by atoms with Crippen LogP contribution in [0.25, 0.3) is 0 Å². The SMILES string of the molecule is CC(Nc1ccc(C#N)cc1[N+](=O)[O-])C(=O)NCc1ccccc1. The van der Waals surface area contributed by atoms with E-state index in [0.29, 0.717) is 6.54 Å². The molecule has 2 N–H and O–H groups in total. The predicted octanol–water partition coefficient (Wildman–Crippen LogP) is 2.58. The first-order valence-electron chi connectivity index (χ1n) is 7.28. The Kier molecular flexibility index (Phi) is 5.47. The Hall–Kier alpha value is -3.40. The van der Waals surface area contributed by atoms with Crippen molar-refractivity contribution in [1.82, 2.24) is 5.32 Å². The third kappa shape index (κ3) is 4.30. The quantitative estimate of drug-likeness (QED) is 0.627. The van der Waals surface area contributed by atoms with E-state index in [2.05, 4.69) is 10.6 Å². The van der Waals surface area contributed by atoms with E-state index in [1.807, 2.05) is 36.4 Å². The molecule has 0 aliphatic heterocycles. The highest BCUT2D eigenvalue weighted by Gasteiger charge is 2.19. The molecule has 0 aromatic heterocycles. The summed E-state index contributed by atoms with van der Waals surface area (Å²) in [5.74, 6) is -0.280. The predicted molar refractivity (Wildman–Crippen MR) is 89.2 cm³/mol. The van der Waals surface area contributed by atoms with E-state index >= 15 is 0 Å². The van der Waals surface area contributed by atoms with Crippen molar-refractivity contribution < 1.29 is 9.72 Å². The highest BCUT2D eigenvalue weighted by Crippen LogP contribution is 2.26. The number of nitrogens with zero attached hydrogens (tertiary/aromatic N) is 2. The summed E-state index contributed by atoms with van der Waals surface area (Å²) in [7, 11) is 0. The van der Waals surface area contributed by atoms with Crippen molar-refractivity contribution in [3.05, 3.63) is 69.8 Å². The molecule has 2 aromatic rings. The van der Waals surface area contributed by atoms with Gasteiger partial charge in [-0.25, -0.2) is 0 Å². The Labute approximate surface area is 139 Å². The lowest BCUT2D eigenvalue weighted by molar-refractivity contribution is -0.384. The molecule has 0 saturated heterocycles. The molecule has 2 rings (SSSR count). The van der Waals surface area contributed by atoms with Crippen LogP contribution >= 0.6 is 0 Å². The summed E-state index contributed by atoms with van der Waals surface area (Å²) in [6.45, 7) is 1.99. The van der Waals surface area contributed by atoms with E-state index in [4.69, 9.17) is 5.26 Å². The first-order valence-corrected chi connectivity index (χ1v) is 7.28. The van der Waals surface area contributed by atoms with E-state index in [0.717, 1.165) is 5.56 Å². The number of rotatable bonds is 6. The van der Waals surface area contributed by atoms with E-state index in [9.17, 15) is 14.9 Å². The lowest BCUT2D eigenvalue weighted by atomic mass is 10.1. The van der Waals surface area contributed by atoms with Gasteiger partial charge in [0.2, 0.25) is 5.91 Å². The van der Waals surface area contributed by atoms with E-state index < -0.39 is 11.0 Å². The highest BCUT2D eigenvalue weighted by atomic mass is 16.6. The Morgan fingerprint density at radius 2 is 2.00 bits per heavy atom. The Morgan fingerprint density at radius 3 is 2.62 bits per heavy atom. The number of hydrogen-bond acceptors (Lipinski definition) is 5. The second-order valence-electron chi connectivity index (χ2n) is 5.17. The van der Waals surface area contributed by atoms with Gasteiger partial charge in [-0.3, -0.25) is 14.9 Å². The van der Waals surface area contributed by atoms with Crippen molar-refractivity contribution in [2.75, 3.05) is 5.32 Å². The van der Waals surface area contributed by atoms with Gasteiger partial charge in [0, 0.05) is 12.6 Å². The molecule has 0 fully saturated rings. The maximum atomic E-state index is 12.1.